The lowest BCUT2D eigenvalue weighted by molar-refractivity contribution is -0.134. The lowest BCUT2D eigenvalue weighted by atomic mass is 9.48. The Morgan fingerprint density at radius 2 is 1.72 bits per heavy atom. The number of nitrogens with zero attached hydrogens (tertiary/aromatic N) is 1. The lowest BCUT2D eigenvalue weighted by Crippen LogP contribution is -2.54. The molecule has 4 bridgehead atoms. The van der Waals surface area contributed by atoms with Crippen molar-refractivity contribution in [2.45, 2.75) is 77.3 Å². The van der Waals surface area contributed by atoms with E-state index in [9.17, 15) is 4.79 Å². The van der Waals surface area contributed by atoms with Crippen molar-refractivity contribution in [3.63, 3.8) is 0 Å². The third-order valence-electron chi connectivity index (χ3n) is 8.90. The molecule has 1 aromatic rings. The van der Waals surface area contributed by atoms with Crippen LogP contribution < -0.4 is 14.8 Å². The second kappa shape index (κ2) is 9.24. The molecule has 6 rings (SSSR count). The van der Waals surface area contributed by atoms with Crippen LogP contribution in [0.5, 0.6) is 11.5 Å². The number of hydrogen-bond acceptors (Lipinski definition) is 4. The van der Waals surface area contributed by atoms with Crippen LogP contribution in [0, 0.1) is 23.2 Å². The van der Waals surface area contributed by atoms with Crippen molar-refractivity contribution in [3.05, 3.63) is 23.8 Å². The topological polar surface area (TPSA) is 50.8 Å². The van der Waals surface area contributed by atoms with Gasteiger partial charge in [-0.1, -0.05) is 6.07 Å². The van der Waals surface area contributed by atoms with Gasteiger partial charge >= 0.3 is 0 Å². The average molecular weight is 441 g/mol. The van der Waals surface area contributed by atoms with Gasteiger partial charge in [0.15, 0.2) is 18.1 Å². The van der Waals surface area contributed by atoms with Gasteiger partial charge in [-0.2, -0.15) is 0 Å². The van der Waals surface area contributed by atoms with Crippen molar-refractivity contribution < 1.29 is 14.3 Å². The van der Waals surface area contributed by atoms with E-state index in [1.807, 2.05) is 11.0 Å². The quantitative estimate of drug-likeness (QED) is 0.632. The highest BCUT2D eigenvalue weighted by Crippen LogP contribution is 2.61. The molecule has 5 heteroatoms. The van der Waals surface area contributed by atoms with E-state index in [-0.39, 0.29) is 12.5 Å². The number of methoxy groups -OCH3 is 1. The molecule has 4 saturated carbocycles. The van der Waals surface area contributed by atoms with Crippen molar-refractivity contribution >= 4 is 5.91 Å². The molecule has 1 amide bonds. The maximum absolute atomic E-state index is 12.4. The number of amides is 1. The molecule has 176 valence electrons. The predicted molar refractivity (Wildman–Crippen MR) is 126 cm³/mol. The Hall–Kier alpha value is -1.75. The van der Waals surface area contributed by atoms with E-state index in [2.05, 4.69) is 24.4 Å². The van der Waals surface area contributed by atoms with E-state index >= 15 is 0 Å². The number of benzene rings is 1. The summed E-state index contributed by atoms with van der Waals surface area (Å²) in [4.78, 5) is 14.3. The van der Waals surface area contributed by atoms with E-state index in [1.165, 1.54) is 50.5 Å². The first-order valence-electron chi connectivity index (χ1n) is 12.9. The summed E-state index contributed by atoms with van der Waals surface area (Å²) in [6.07, 6.45) is 12.2. The Morgan fingerprint density at radius 3 is 2.34 bits per heavy atom. The average Bonchev–Trinajstić information content (AvgIpc) is 2.80. The summed E-state index contributed by atoms with van der Waals surface area (Å²) in [5, 5.41) is 3.86. The second-order valence-electron chi connectivity index (χ2n) is 11.1. The van der Waals surface area contributed by atoms with Crippen molar-refractivity contribution in [2.75, 3.05) is 26.8 Å². The smallest absolute Gasteiger partial charge is 0.260 e. The van der Waals surface area contributed by atoms with Crippen LogP contribution in [0.25, 0.3) is 0 Å². The van der Waals surface area contributed by atoms with Crippen molar-refractivity contribution in [2.24, 2.45) is 23.2 Å². The highest BCUT2D eigenvalue weighted by molar-refractivity contribution is 5.78. The second-order valence-corrected chi connectivity index (χ2v) is 11.1. The van der Waals surface area contributed by atoms with Crippen LogP contribution in [0.3, 0.4) is 0 Å². The normalized spacial score (nSPS) is 32.1. The first-order valence-corrected chi connectivity index (χ1v) is 12.9. The molecule has 1 saturated heterocycles. The van der Waals surface area contributed by atoms with Crippen LogP contribution in [-0.2, 0) is 11.3 Å². The number of piperidine rings is 1. The summed E-state index contributed by atoms with van der Waals surface area (Å²) >= 11 is 0. The van der Waals surface area contributed by atoms with Gasteiger partial charge in [-0.05, 0) is 106 Å². The lowest BCUT2D eigenvalue weighted by Gasteiger charge is -2.59. The molecule has 1 N–H and O–H groups in total. The molecule has 1 unspecified atom stereocenters. The maximum atomic E-state index is 12.4. The van der Waals surface area contributed by atoms with Crippen LogP contribution in [0.4, 0.5) is 0 Å². The highest BCUT2D eigenvalue weighted by atomic mass is 16.5. The standard InChI is InChI=1S/C27H40N2O3/c1-19(27-14-21-10-22(15-27)12-23(11-21)16-27)28-17-20-6-7-24(25(13-20)31-2)32-18-26(30)29-8-4-3-5-9-29/h6-7,13,19,21-23,28H,3-5,8-12,14-18H2,1-2H3. The van der Waals surface area contributed by atoms with Crippen molar-refractivity contribution in [1.29, 1.82) is 0 Å². The van der Waals surface area contributed by atoms with Crippen molar-refractivity contribution in [1.82, 2.24) is 10.2 Å². The van der Waals surface area contributed by atoms with E-state index in [0.29, 0.717) is 23.0 Å². The summed E-state index contributed by atoms with van der Waals surface area (Å²) in [6.45, 7) is 5.04. The molecule has 1 heterocycles. The highest BCUT2D eigenvalue weighted by Gasteiger charge is 2.52. The molecule has 1 aromatic carbocycles. The zero-order valence-electron chi connectivity index (χ0n) is 19.9. The molecule has 32 heavy (non-hydrogen) atoms. The minimum absolute atomic E-state index is 0.0712. The maximum Gasteiger partial charge on any atom is 0.260 e. The Morgan fingerprint density at radius 1 is 1.06 bits per heavy atom. The Bertz CT molecular complexity index is 782. The molecule has 1 atom stereocenters. The van der Waals surface area contributed by atoms with E-state index in [4.69, 9.17) is 9.47 Å². The summed E-state index contributed by atoms with van der Waals surface area (Å²) in [7, 11) is 1.67. The van der Waals surface area contributed by atoms with Gasteiger partial charge in [0, 0.05) is 25.7 Å². The number of rotatable bonds is 8. The fourth-order valence-electron chi connectivity index (χ4n) is 7.51. The third kappa shape index (κ3) is 4.50. The van der Waals surface area contributed by atoms with Gasteiger partial charge in [0.2, 0.25) is 0 Å². The number of likely N-dealkylation sites (tertiary alicyclic amines) is 1. The number of carbonyl (C=O) groups excluding carboxylic acids is 1. The molecular formula is C27H40N2O3. The van der Waals surface area contributed by atoms with Crippen LogP contribution in [0.2, 0.25) is 0 Å². The van der Waals surface area contributed by atoms with Gasteiger partial charge in [0.25, 0.3) is 5.91 Å². The van der Waals surface area contributed by atoms with E-state index < -0.39 is 0 Å². The zero-order chi connectivity index (χ0) is 22.1. The van der Waals surface area contributed by atoms with Gasteiger partial charge < -0.3 is 19.7 Å². The first-order chi connectivity index (χ1) is 15.5. The summed E-state index contributed by atoms with van der Waals surface area (Å²) in [5.41, 5.74) is 1.71. The SMILES string of the molecule is COc1cc(CNC(C)C23CC4CC(CC(C4)C2)C3)ccc1OCC(=O)N1CCCCC1. The molecule has 5 aliphatic rings. The number of ether oxygens (including phenoxy) is 2. The molecule has 0 spiro atoms. The van der Waals surface area contributed by atoms with Crippen LogP contribution >= 0.6 is 0 Å². The minimum Gasteiger partial charge on any atom is -0.493 e. The molecule has 1 aliphatic heterocycles. The third-order valence-corrected chi connectivity index (χ3v) is 8.90. The zero-order valence-corrected chi connectivity index (χ0v) is 19.9. The molecular weight excluding hydrogens is 400 g/mol. The van der Waals surface area contributed by atoms with E-state index in [1.54, 1.807) is 7.11 Å². The van der Waals surface area contributed by atoms with Crippen molar-refractivity contribution in [3.8, 4) is 11.5 Å². The Kier molecular flexibility index (Phi) is 6.37. The van der Waals surface area contributed by atoms with Gasteiger partial charge in [0.1, 0.15) is 0 Å². The van der Waals surface area contributed by atoms with E-state index in [0.717, 1.165) is 50.2 Å². The number of carbonyl (C=O) groups is 1. The molecule has 5 nitrogen and oxygen atoms in total. The van der Waals surface area contributed by atoms with Gasteiger partial charge in [-0.15, -0.1) is 0 Å². The summed E-state index contributed by atoms with van der Waals surface area (Å²) in [5.74, 6) is 4.37. The van der Waals surface area contributed by atoms with Crippen LogP contribution in [-0.4, -0.2) is 43.7 Å². The monoisotopic (exact) mass is 440 g/mol. The van der Waals surface area contributed by atoms with Crippen LogP contribution in [0.15, 0.2) is 18.2 Å². The summed E-state index contributed by atoms with van der Waals surface area (Å²) in [6, 6.07) is 6.65. The molecule has 0 aromatic heterocycles. The molecule has 4 aliphatic carbocycles. The van der Waals surface area contributed by atoms with Crippen LogP contribution in [0.1, 0.15) is 70.3 Å². The minimum atomic E-state index is 0.0712. The number of hydrogen-bond donors (Lipinski definition) is 1. The van der Waals surface area contributed by atoms with Gasteiger partial charge in [-0.3, -0.25) is 4.79 Å². The first kappa shape index (κ1) is 22.1. The molecule has 0 radical (unpaired) electrons. The fraction of sp³-hybridized carbons (Fsp3) is 0.741. The van der Waals surface area contributed by atoms with Gasteiger partial charge in [0.05, 0.1) is 7.11 Å². The molecule has 5 fully saturated rings. The van der Waals surface area contributed by atoms with Gasteiger partial charge in [-0.25, -0.2) is 0 Å². The Balaban J connectivity index is 1.16. The number of nitrogens with one attached hydrogen (secondary N) is 1. The fourth-order valence-corrected chi connectivity index (χ4v) is 7.51. The predicted octanol–water partition coefficient (Wildman–Crippen LogP) is 4.78. The Labute approximate surface area is 193 Å². The summed E-state index contributed by atoms with van der Waals surface area (Å²) < 4.78 is 11.4. The largest absolute Gasteiger partial charge is 0.493 e.